The Labute approximate surface area is 266 Å². The second-order valence-electron chi connectivity index (χ2n) is 11.6. The summed E-state index contributed by atoms with van der Waals surface area (Å²) in [5, 5.41) is 27.0. The predicted octanol–water partition coefficient (Wildman–Crippen LogP) is 4.48. The third-order valence-corrected chi connectivity index (χ3v) is 8.65. The van der Waals surface area contributed by atoms with Crippen molar-refractivity contribution in [2.75, 3.05) is 19.5 Å². The highest BCUT2D eigenvalue weighted by atomic mass is 16.5. The van der Waals surface area contributed by atoms with E-state index < -0.39 is 30.0 Å². The summed E-state index contributed by atoms with van der Waals surface area (Å²) in [5.41, 5.74) is 2.03. The van der Waals surface area contributed by atoms with Crippen LogP contribution in [-0.2, 0) is 14.9 Å². The number of aliphatic hydroxyl groups excluding tert-OH is 2. The molecule has 1 unspecified atom stereocenters. The van der Waals surface area contributed by atoms with Crippen LogP contribution >= 0.6 is 0 Å². The minimum absolute atomic E-state index is 0.168. The third kappa shape index (κ3) is 5.46. The molecule has 0 spiro atoms. The van der Waals surface area contributed by atoms with Gasteiger partial charge in [-0.25, -0.2) is 15.0 Å². The molecule has 1 fully saturated rings. The molecule has 238 valence electrons. The van der Waals surface area contributed by atoms with Gasteiger partial charge in [0.2, 0.25) is 5.91 Å². The zero-order valence-corrected chi connectivity index (χ0v) is 26.1. The monoisotopic (exact) mass is 623 g/mol. The largest absolute Gasteiger partial charge is 0.497 e. The normalized spacial score (nSPS) is 18.9. The van der Waals surface area contributed by atoms with Crippen LogP contribution in [0.4, 0.5) is 5.82 Å². The number of methoxy groups -OCH3 is 2. The lowest BCUT2D eigenvalue weighted by molar-refractivity contribution is -0.118. The van der Waals surface area contributed by atoms with Crippen molar-refractivity contribution in [2.45, 2.75) is 50.2 Å². The highest BCUT2D eigenvalue weighted by Crippen LogP contribution is 2.47. The number of aliphatic hydroxyl groups is 2. The average molecular weight is 624 g/mol. The number of hydrogen-bond acceptors (Lipinski definition) is 9. The molecule has 0 bridgehead atoms. The molecular weight excluding hydrogens is 586 g/mol. The van der Waals surface area contributed by atoms with Crippen LogP contribution in [0.5, 0.6) is 11.5 Å². The number of rotatable bonds is 10. The van der Waals surface area contributed by atoms with Crippen molar-refractivity contribution in [3.05, 3.63) is 108 Å². The first-order valence-corrected chi connectivity index (χ1v) is 15.1. The molecule has 46 heavy (non-hydrogen) atoms. The molecule has 1 aliphatic heterocycles. The van der Waals surface area contributed by atoms with Gasteiger partial charge in [-0.2, -0.15) is 0 Å². The zero-order chi connectivity index (χ0) is 32.4. The maximum Gasteiger partial charge on any atom is 0.228 e. The van der Waals surface area contributed by atoms with Crippen LogP contribution in [-0.4, -0.2) is 68.2 Å². The highest BCUT2D eigenvalue weighted by Gasteiger charge is 2.52. The van der Waals surface area contributed by atoms with Gasteiger partial charge < -0.3 is 29.7 Å². The van der Waals surface area contributed by atoms with Gasteiger partial charge in [0.05, 0.1) is 32.1 Å². The first-order valence-electron chi connectivity index (χ1n) is 15.1. The van der Waals surface area contributed by atoms with E-state index in [1.807, 2.05) is 78.9 Å². The molecule has 3 heterocycles. The van der Waals surface area contributed by atoms with Gasteiger partial charge in [0, 0.05) is 12.3 Å². The van der Waals surface area contributed by atoms with Crippen LogP contribution in [0, 0.1) is 5.92 Å². The Hall–Kier alpha value is -4.84. The molecule has 3 N–H and O–H groups in total. The SMILES string of the molecule is COc1ccc(C(c2ccccc2)(c2ccc(OC)cc2)C(O)[C@H]2O[C@@H](n3cnc4c(NC(=O)C(C)C)ncnc43)C[C@@H]2O)cc1. The Morgan fingerprint density at radius 1 is 0.913 bits per heavy atom. The molecule has 1 amide bonds. The van der Waals surface area contributed by atoms with Crippen LogP contribution in [0.2, 0.25) is 0 Å². The minimum Gasteiger partial charge on any atom is -0.497 e. The van der Waals surface area contributed by atoms with Gasteiger partial charge in [-0.15, -0.1) is 0 Å². The lowest BCUT2D eigenvalue weighted by atomic mass is 9.64. The fourth-order valence-electron chi connectivity index (χ4n) is 6.22. The summed E-state index contributed by atoms with van der Waals surface area (Å²) in [7, 11) is 3.21. The summed E-state index contributed by atoms with van der Waals surface area (Å²) in [6, 6.07) is 24.8. The van der Waals surface area contributed by atoms with Gasteiger partial charge in [0.25, 0.3) is 0 Å². The molecule has 5 aromatic rings. The molecule has 1 saturated heterocycles. The van der Waals surface area contributed by atoms with E-state index in [1.165, 1.54) is 6.33 Å². The third-order valence-electron chi connectivity index (χ3n) is 8.65. The number of benzene rings is 3. The van der Waals surface area contributed by atoms with Crippen LogP contribution in [0.15, 0.2) is 91.5 Å². The number of hydrogen-bond donors (Lipinski definition) is 3. The van der Waals surface area contributed by atoms with Crippen molar-refractivity contribution in [3.63, 3.8) is 0 Å². The maximum absolute atomic E-state index is 12.6. The van der Waals surface area contributed by atoms with Gasteiger partial charge in [0.1, 0.15) is 36.3 Å². The Morgan fingerprint density at radius 2 is 1.50 bits per heavy atom. The summed E-state index contributed by atoms with van der Waals surface area (Å²) in [4.78, 5) is 25.5. The van der Waals surface area contributed by atoms with E-state index in [9.17, 15) is 15.0 Å². The van der Waals surface area contributed by atoms with Gasteiger partial charge in [0.15, 0.2) is 17.0 Å². The number of ether oxygens (including phenoxy) is 3. The van der Waals surface area contributed by atoms with Crippen LogP contribution in [0.1, 0.15) is 43.2 Å². The van der Waals surface area contributed by atoms with Crippen molar-refractivity contribution >= 4 is 22.9 Å². The average Bonchev–Trinajstić information content (AvgIpc) is 3.70. The fourth-order valence-corrected chi connectivity index (χ4v) is 6.22. The molecule has 0 aliphatic carbocycles. The van der Waals surface area contributed by atoms with E-state index in [4.69, 9.17) is 14.2 Å². The van der Waals surface area contributed by atoms with E-state index in [0.717, 1.165) is 16.7 Å². The number of fused-ring (bicyclic) bond motifs is 1. The molecule has 1 aliphatic rings. The molecule has 0 radical (unpaired) electrons. The molecule has 2 aromatic heterocycles. The first-order chi connectivity index (χ1) is 22.3. The van der Waals surface area contributed by atoms with E-state index >= 15 is 0 Å². The van der Waals surface area contributed by atoms with Gasteiger partial charge in [-0.1, -0.05) is 68.4 Å². The minimum atomic E-state index is -1.26. The maximum atomic E-state index is 12.6. The Bertz CT molecular complexity index is 1750. The number of imidazole rings is 1. The number of carbonyl (C=O) groups is 1. The van der Waals surface area contributed by atoms with Crippen molar-refractivity contribution in [2.24, 2.45) is 5.92 Å². The molecule has 0 saturated carbocycles. The summed E-state index contributed by atoms with van der Waals surface area (Å²) < 4.78 is 19.1. The smallest absolute Gasteiger partial charge is 0.228 e. The van der Waals surface area contributed by atoms with Gasteiger partial charge >= 0.3 is 0 Å². The number of carbonyl (C=O) groups excluding carboxylic acids is 1. The van der Waals surface area contributed by atoms with Crippen molar-refractivity contribution in [3.8, 4) is 11.5 Å². The lowest BCUT2D eigenvalue weighted by Gasteiger charge is -2.43. The van der Waals surface area contributed by atoms with E-state index in [0.29, 0.717) is 28.5 Å². The fraction of sp³-hybridized carbons (Fsp3) is 0.314. The zero-order valence-electron chi connectivity index (χ0n) is 26.1. The van der Waals surface area contributed by atoms with E-state index in [2.05, 4.69) is 20.3 Å². The summed E-state index contributed by atoms with van der Waals surface area (Å²) in [5.74, 6) is 1.19. The molecule has 4 atom stereocenters. The second kappa shape index (κ2) is 12.9. The first kappa shape index (κ1) is 31.2. The number of aromatic nitrogens is 4. The lowest BCUT2D eigenvalue weighted by Crippen LogP contribution is -2.51. The topological polar surface area (TPSA) is 141 Å². The van der Waals surface area contributed by atoms with Crippen molar-refractivity contribution < 1.29 is 29.2 Å². The quantitative estimate of drug-likeness (QED) is 0.192. The molecule has 6 rings (SSSR count). The van der Waals surface area contributed by atoms with E-state index in [-0.39, 0.29) is 18.2 Å². The molecule has 11 nitrogen and oxygen atoms in total. The molecular formula is C35H37N5O6. The molecule has 11 heteroatoms. The Kier molecular flexibility index (Phi) is 8.72. The highest BCUT2D eigenvalue weighted by molar-refractivity contribution is 5.97. The van der Waals surface area contributed by atoms with Crippen molar-refractivity contribution in [1.29, 1.82) is 0 Å². The van der Waals surface area contributed by atoms with Gasteiger partial charge in [-0.3, -0.25) is 9.36 Å². The van der Waals surface area contributed by atoms with E-state index in [1.54, 1.807) is 39.0 Å². The standard InChI is InChI=1S/C35H37N5O6/c1-21(2)34(43)39-32-29-33(37-19-36-32)40(20-38-29)28-18-27(41)30(46-28)31(42)35(22-8-6-5-7-9-22,23-10-14-25(44-3)15-11-23)24-12-16-26(45-4)17-13-24/h5-17,19-21,27-28,30-31,41-42H,18H2,1-4H3,(H,36,37,39,43)/t27-,28+,30-,31?/m0/s1. The summed E-state index contributed by atoms with van der Waals surface area (Å²) in [6.07, 6.45) is -0.963. The number of nitrogens with zero attached hydrogens (tertiary/aromatic N) is 4. The number of nitrogens with one attached hydrogen (secondary N) is 1. The molecule has 3 aromatic carbocycles. The van der Waals surface area contributed by atoms with Crippen LogP contribution in [0.25, 0.3) is 11.2 Å². The number of anilines is 1. The number of amides is 1. The van der Waals surface area contributed by atoms with Crippen molar-refractivity contribution in [1.82, 2.24) is 19.5 Å². The van der Waals surface area contributed by atoms with Crippen LogP contribution < -0.4 is 14.8 Å². The predicted molar refractivity (Wildman–Crippen MR) is 172 cm³/mol. The van der Waals surface area contributed by atoms with Gasteiger partial charge in [-0.05, 0) is 41.0 Å². The Morgan fingerprint density at radius 3 is 2.07 bits per heavy atom. The summed E-state index contributed by atoms with van der Waals surface area (Å²) in [6.45, 7) is 3.58. The Balaban J connectivity index is 1.43. The van der Waals surface area contributed by atoms with Crippen LogP contribution in [0.3, 0.4) is 0 Å². The summed E-state index contributed by atoms with van der Waals surface area (Å²) >= 11 is 0. The second-order valence-corrected chi connectivity index (χ2v) is 11.6.